The second-order valence-electron chi connectivity index (χ2n) is 7.51. The van der Waals surface area contributed by atoms with Crippen LogP contribution >= 0.6 is 11.6 Å². The average Bonchev–Trinajstić information content (AvgIpc) is 3.13. The van der Waals surface area contributed by atoms with Crippen LogP contribution in [0.1, 0.15) is 38.0 Å². The fourth-order valence-corrected chi connectivity index (χ4v) is 3.37. The summed E-state index contributed by atoms with van der Waals surface area (Å²) in [6, 6.07) is 0.760. The number of alkyl halides is 3. The molecule has 0 radical (unpaired) electrons. The molecule has 32 heavy (non-hydrogen) atoms. The molecule has 3 aromatic rings. The van der Waals surface area contributed by atoms with Gasteiger partial charge < -0.3 is 20.9 Å². The van der Waals surface area contributed by atoms with Crippen molar-refractivity contribution in [3.05, 3.63) is 29.0 Å². The molecular formula is C20H31ClF3N7O. The fraction of sp³-hybridized carbons (Fsp3) is 0.400. The largest absolute Gasteiger partial charge is 0.405 e. The van der Waals surface area contributed by atoms with Gasteiger partial charge in [-0.15, -0.1) is 0 Å². The van der Waals surface area contributed by atoms with E-state index in [9.17, 15) is 18.0 Å². The molecule has 4 N–H and O–H groups in total. The van der Waals surface area contributed by atoms with E-state index in [0.29, 0.717) is 44.6 Å². The first-order chi connectivity index (χ1) is 15.0. The maximum Gasteiger partial charge on any atom is 0.405 e. The number of aromatic nitrogens is 4. The molecule has 1 atom stereocenters. The Kier molecular flexibility index (Phi) is 6.77. The van der Waals surface area contributed by atoms with Crippen LogP contribution in [0.4, 0.5) is 24.8 Å². The number of nitrogens with one attached hydrogen (secondary N) is 4. The van der Waals surface area contributed by atoms with Crippen LogP contribution in [-0.2, 0) is 4.79 Å². The number of rotatable bonds is 7. The van der Waals surface area contributed by atoms with Crippen LogP contribution in [-0.4, -0.2) is 51.7 Å². The lowest BCUT2D eigenvalue weighted by Crippen LogP contribution is -2.42. The van der Waals surface area contributed by atoms with E-state index in [0.717, 1.165) is 0 Å². The second-order valence-corrected chi connectivity index (χ2v) is 7.95. The third-order valence-corrected chi connectivity index (χ3v) is 4.91. The van der Waals surface area contributed by atoms with Crippen LogP contribution in [0.25, 0.3) is 22.4 Å². The number of anilines is 2. The summed E-state index contributed by atoms with van der Waals surface area (Å²) in [6.07, 6.45) is -1.29. The number of nitrogens with zero attached hydrogens (tertiary/aromatic N) is 3. The van der Waals surface area contributed by atoms with E-state index in [4.69, 9.17) is 11.6 Å². The van der Waals surface area contributed by atoms with Crippen molar-refractivity contribution in [2.45, 2.75) is 38.9 Å². The Morgan fingerprint density at radius 1 is 1.25 bits per heavy atom. The van der Waals surface area contributed by atoms with E-state index in [1.165, 1.54) is 13.1 Å². The first kappa shape index (κ1) is 23.6. The predicted octanol–water partition coefficient (Wildman–Crippen LogP) is 5.30. The van der Waals surface area contributed by atoms with Gasteiger partial charge in [0.15, 0.2) is 5.82 Å². The summed E-state index contributed by atoms with van der Waals surface area (Å²) in [5, 5.41) is 9.01. The minimum Gasteiger partial charge on any atom is -0.373 e. The highest BCUT2D eigenvalue weighted by molar-refractivity contribution is 6.31. The van der Waals surface area contributed by atoms with Gasteiger partial charge in [-0.1, -0.05) is 25.4 Å². The summed E-state index contributed by atoms with van der Waals surface area (Å²) < 4.78 is 37.4. The molecule has 0 aliphatic carbocycles. The topological polar surface area (TPSA) is 108 Å². The van der Waals surface area contributed by atoms with Crippen molar-refractivity contribution in [3.63, 3.8) is 0 Å². The molecule has 0 saturated heterocycles. The fourth-order valence-electron chi connectivity index (χ4n) is 3.21. The quantitative estimate of drug-likeness (QED) is 0.367. The SMILES string of the molecule is CNc1nc(-c2c[nH]c3ncc(Cl)cc23)nc(N[C@@H](C)C(=O)NCC(F)(F)F)c1C(C)C.[HH].[HH].[HH].[HH]. The minimum atomic E-state index is -4.50. The van der Waals surface area contributed by atoms with Crippen molar-refractivity contribution in [3.8, 4) is 11.4 Å². The molecule has 180 valence electrons. The molecule has 3 aromatic heterocycles. The van der Waals surface area contributed by atoms with Gasteiger partial charge in [0.2, 0.25) is 5.91 Å². The number of aromatic amines is 1. The van der Waals surface area contributed by atoms with E-state index in [2.05, 4.69) is 30.6 Å². The van der Waals surface area contributed by atoms with Gasteiger partial charge in [-0.3, -0.25) is 4.79 Å². The number of hydrogen-bond acceptors (Lipinski definition) is 6. The molecule has 3 rings (SSSR count). The molecule has 0 spiro atoms. The molecule has 8 nitrogen and oxygen atoms in total. The van der Waals surface area contributed by atoms with Crippen molar-refractivity contribution in [1.82, 2.24) is 25.3 Å². The van der Waals surface area contributed by atoms with Gasteiger partial charge in [0, 0.05) is 41.7 Å². The first-order valence-corrected chi connectivity index (χ1v) is 10.2. The number of fused-ring (bicyclic) bond motifs is 1. The molecule has 0 aromatic carbocycles. The molecule has 0 unspecified atom stereocenters. The molecule has 0 saturated carbocycles. The number of pyridine rings is 1. The Morgan fingerprint density at radius 3 is 2.56 bits per heavy atom. The maximum atomic E-state index is 12.5. The Labute approximate surface area is 193 Å². The summed E-state index contributed by atoms with van der Waals surface area (Å²) >= 11 is 6.09. The van der Waals surface area contributed by atoms with Gasteiger partial charge in [0.1, 0.15) is 29.9 Å². The third-order valence-electron chi connectivity index (χ3n) is 4.71. The van der Waals surface area contributed by atoms with Crippen LogP contribution in [0, 0.1) is 0 Å². The number of halogens is 4. The highest BCUT2D eigenvalue weighted by Crippen LogP contribution is 2.34. The van der Waals surface area contributed by atoms with Gasteiger partial charge in [-0.25, -0.2) is 15.0 Å². The summed E-state index contributed by atoms with van der Waals surface area (Å²) in [5.41, 5.74) is 1.93. The molecule has 12 heteroatoms. The maximum absolute atomic E-state index is 12.5. The molecule has 0 aliphatic heterocycles. The van der Waals surface area contributed by atoms with Gasteiger partial charge >= 0.3 is 6.18 Å². The highest BCUT2D eigenvalue weighted by atomic mass is 35.5. The van der Waals surface area contributed by atoms with E-state index >= 15 is 0 Å². The molecular weight excluding hydrogens is 447 g/mol. The Balaban J connectivity index is 0. The Morgan fingerprint density at radius 2 is 1.94 bits per heavy atom. The summed E-state index contributed by atoms with van der Waals surface area (Å²) in [7, 11) is 1.70. The second kappa shape index (κ2) is 9.19. The first-order valence-electron chi connectivity index (χ1n) is 9.83. The van der Waals surface area contributed by atoms with E-state index in [1.54, 1.807) is 19.3 Å². The van der Waals surface area contributed by atoms with E-state index in [-0.39, 0.29) is 11.6 Å². The highest BCUT2D eigenvalue weighted by Gasteiger charge is 2.29. The third kappa shape index (κ3) is 5.21. The smallest absolute Gasteiger partial charge is 0.373 e. The summed E-state index contributed by atoms with van der Waals surface area (Å²) in [5.74, 6) is 0.359. The number of carbonyl (C=O) groups is 1. The van der Waals surface area contributed by atoms with Crippen LogP contribution in [0.3, 0.4) is 0 Å². The zero-order chi connectivity index (χ0) is 23.6. The predicted molar refractivity (Wildman–Crippen MR) is 126 cm³/mol. The molecule has 3 heterocycles. The lowest BCUT2D eigenvalue weighted by Gasteiger charge is -2.21. The van der Waals surface area contributed by atoms with Gasteiger partial charge in [0.25, 0.3) is 0 Å². The monoisotopic (exact) mass is 477 g/mol. The lowest BCUT2D eigenvalue weighted by atomic mass is 10.0. The van der Waals surface area contributed by atoms with Crippen molar-refractivity contribution >= 4 is 40.2 Å². The number of amides is 1. The number of hydrogen-bond donors (Lipinski definition) is 4. The summed E-state index contributed by atoms with van der Waals surface area (Å²) in [4.78, 5) is 28.7. The lowest BCUT2D eigenvalue weighted by molar-refractivity contribution is -0.138. The van der Waals surface area contributed by atoms with Gasteiger partial charge in [0.05, 0.1) is 5.02 Å². The zero-order valence-electron chi connectivity index (χ0n) is 17.9. The normalized spacial score (nSPS) is 12.8. The summed E-state index contributed by atoms with van der Waals surface area (Å²) in [6.45, 7) is 3.91. The van der Waals surface area contributed by atoms with Crippen LogP contribution < -0.4 is 16.0 Å². The van der Waals surface area contributed by atoms with Crippen molar-refractivity contribution < 1.29 is 23.7 Å². The average molecular weight is 478 g/mol. The van der Waals surface area contributed by atoms with Gasteiger partial charge in [-0.2, -0.15) is 13.2 Å². The van der Waals surface area contributed by atoms with Crippen LogP contribution in [0.15, 0.2) is 18.5 Å². The van der Waals surface area contributed by atoms with E-state index in [1.807, 2.05) is 19.2 Å². The minimum absolute atomic E-state index is 0. The van der Waals surface area contributed by atoms with Crippen molar-refractivity contribution in [2.24, 2.45) is 0 Å². The molecule has 0 bridgehead atoms. The van der Waals surface area contributed by atoms with Crippen molar-refractivity contribution in [1.29, 1.82) is 0 Å². The van der Waals surface area contributed by atoms with Crippen LogP contribution in [0.2, 0.25) is 5.02 Å². The van der Waals surface area contributed by atoms with E-state index < -0.39 is 24.7 Å². The van der Waals surface area contributed by atoms with Gasteiger partial charge in [-0.05, 0) is 18.9 Å². The number of carbonyl (C=O) groups excluding carboxylic acids is 1. The Hall–Kier alpha value is -3.08. The molecule has 0 aliphatic rings. The van der Waals surface area contributed by atoms with Crippen molar-refractivity contribution in [2.75, 3.05) is 24.2 Å². The number of H-pyrrole nitrogens is 1. The Bertz CT molecular complexity index is 1150. The molecule has 1 amide bonds. The van der Waals surface area contributed by atoms with Crippen LogP contribution in [0.5, 0.6) is 0 Å². The molecule has 0 fully saturated rings. The standard InChI is InChI=1S/C20H23ClF3N7O.4H2/c1-9(2)14-17(25-4)30-16(13-7-27-15-12(13)5-11(21)6-26-15)31-18(14)29-10(3)19(32)28-8-20(22,23)24;;;;/h5-7,9-10H,8H2,1-4H3,(H,26,27)(H,28,32)(H2,25,29,30,31);4*1H/t10-;;;;/m0..../s1. The zero-order valence-corrected chi connectivity index (χ0v) is 18.6.